The monoisotopic (exact) mass is 271 g/mol. The molecule has 1 aromatic carbocycles. The SMILES string of the molecule is CC(Cc1nc2ccccc2s1)CS(=O)(=O)O. The van der Waals surface area contributed by atoms with Gasteiger partial charge in [-0.1, -0.05) is 19.1 Å². The Hall–Kier alpha value is -0.980. The van der Waals surface area contributed by atoms with Gasteiger partial charge in [-0.05, 0) is 18.1 Å². The molecule has 0 radical (unpaired) electrons. The number of nitrogens with zero attached hydrogens (tertiary/aromatic N) is 1. The first kappa shape index (κ1) is 12.5. The normalized spacial score (nSPS) is 14.0. The van der Waals surface area contributed by atoms with E-state index < -0.39 is 10.1 Å². The van der Waals surface area contributed by atoms with Crippen LogP contribution in [0, 0.1) is 5.92 Å². The molecule has 6 heteroatoms. The van der Waals surface area contributed by atoms with Crippen molar-refractivity contribution in [3.05, 3.63) is 29.3 Å². The molecule has 0 fully saturated rings. The van der Waals surface area contributed by atoms with Gasteiger partial charge in [-0.3, -0.25) is 4.55 Å². The molecule has 0 aliphatic rings. The molecule has 0 saturated heterocycles. The largest absolute Gasteiger partial charge is 0.286 e. The molecule has 1 atom stereocenters. The first-order chi connectivity index (χ1) is 7.94. The van der Waals surface area contributed by atoms with Gasteiger partial charge in [0, 0.05) is 6.42 Å². The number of hydrogen-bond donors (Lipinski definition) is 1. The summed E-state index contributed by atoms with van der Waals surface area (Å²) in [4.78, 5) is 4.42. The van der Waals surface area contributed by atoms with Crippen LogP contribution in [0.4, 0.5) is 0 Å². The third-order valence-electron chi connectivity index (χ3n) is 2.36. The number of thiazole rings is 1. The molecule has 1 heterocycles. The third kappa shape index (κ3) is 3.49. The van der Waals surface area contributed by atoms with Crippen LogP contribution >= 0.6 is 11.3 Å². The van der Waals surface area contributed by atoms with Crippen molar-refractivity contribution in [1.82, 2.24) is 4.98 Å². The first-order valence-corrected chi connectivity index (χ1v) is 7.66. The molecule has 2 aromatic rings. The molecule has 1 unspecified atom stereocenters. The Morgan fingerprint density at radius 1 is 1.41 bits per heavy atom. The van der Waals surface area contributed by atoms with E-state index in [0.29, 0.717) is 6.42 Å². The van der Waals surface area contributed by atoms with Crippen molar-refractivity contribution >= 4 is 31.7 Å². The van der Waals surface area contributed by atoms with Crippen LogP contribution in [-0.4, -0.2) is 23.7 Å². The van der Waals surface area contributed by atoms with Crippen LogP contribution in [0.2, 0.25) is 0 Å². The van der Waals surface area contributed by atoms with Gasteiger partial charge in [0.1, 0.15) is 0 Å². The number of hydrogen-bond acceptors (Lipinski definition) is 4. The number of rotatable bonds is 4. The molecule has 0 amide bonds. The van der Waals surface area contributed by atoms with Gasteiger partial charge >= 0.3 is 0 Å². The standard InChI is InChI=1S/C11H13NO3S2/c1-8(7-17(13,14)15)6-11-12-9-4-2-3-5-10(9)16-11/h2-5,8H,6-7H2,1H3,(H,13,14,15). The van der Waals surface area contributed by atoms with Gasteiger partial charge in [-0.25, -0.2) is 4.98 Å². The zero-order valence-electron chi connectivity index (χ0n) is 9.33. The van der Waals surface area contributed by atoms with Crippen molar-refractivity contribution < 1.29 is 13.0 Å². The van der Waals surface area contributed by atoms with E-state index in [1.54, 1.807) is 18.3 Å². The molecule has 0 spiro atoms. The fourth-order valence-electron chi connectivity index (χ4n) is 1.72. The quantitative estimate of drug-likeness (QED) is 0.867. The topological polar surface area (TPSA) is 67.3 Å². The van der Waals surface area contributed by atoms with Crippen LogP contribution in [0.3, 0.4) is 0 Å². The second kappa shape index (κ2) is 4.72. The van der Waals surface area contributed by atoms with Crippen LogP contribution in [-0.2, 0) is 16.5 Å². The molecule has 0 bridgehead atoms. The van der Waals surface area contributed by atoms with E-state index in [0.717, 1.165) is 15.2 Å². The van der Waals surface area contributed by atoms with Gasteiger partial charge in [0.05, 0.1) is 21.0 Å². The Bertz CT molecular complexity index is 585. The van der Waals surface area contributed by atoms with Crippen LogP contribution in [0.15, 0.2) is 24.3 Å². The van der Waals surface area contributed by atoms with Gasteiger partial charge in [0.15, 0.2) is 0 Å². The predicted molar refractivity (Wildman–Crippen MR) is 68.9 cm³/mol. The Balaban J connectivity index is 2.13. The van der Waals surface area contributed by atoms with Crippen molar-refractivity contribution in [2.24, 2.45) is 5.92 Å². The van der Waals surface area contributed by atoms with E-state index in [-0.39, 0.29) is 11.7 Å². The minimum Gasteiger partial charge on any atom is -0.286 e. The van der Waals surface area contributed by atoms with Crippen LogP contribution < -0.4 is 0 Å². The summed E-state index contributed by atoms with van der Waals surface area (Å²) in [5, 5.41) is 0.905. The Morgan fingerprint density at radius 3 is 2.76 bits per heavy atom. The zero-order valence-corrected chi connectivity index (χ0v) is 11.0. The zero-order chi connectivity index (χ0) is 12.5. The summed E-state index contributed by atoms with van der Waals surface area (Å²) in [7, 11) is -3.90. The van der Waals surface area contributed by atoms with Crippen LogP contribution in [0.25, 0.3) is 10.2 Å². The van der Waals surface area contributed by atoms with E-state index in [1.165, 1.54) is 0 Å². The second-order valence-corrected chi connectivity index (χ2v) is 6.75. The summed E-state index contributed by atoms with van der Waals surface area (Å²) in [5.41, 5.74) is 0.937. The number of aromatic nitrogens is 1. The molecule has 0 aliphatic carbocycles. The lowest BCUT2D eigenvalue weighted by molar-refractivity contribution is 0.469. The Kier molecular flexibility index (Phi) is 3.46. The molecule has 2 rings (SSSR count). The molecule has 1 aromatic heterocycles. The van der Waals surface area contributed by atoms with Crippen molar-refractivity contribution in [2.45, 2.75) is 13.3 Å². The minimum absolute atomic E-state index is 0.134. The summed E-state index contributed by atoms with van der Waals surface area (Å²) in [6.45, 7) is 1.79. The third-order valence-corrected chi connectivity index (χ3v) is 4.41. The lowest BCUT2D eigenvalue weighted by Gasteiger charge is -2.05. The van der Waals surface area contributed by atoms with E-state index in [4.69, 9.17) is 4.55 Å². The maximum absolute atomic E-state index is 10.7. The highest BCUT2D eigenvalue weighted by Gasteiger charge is 2.14. The van der Waals surface area contributed by atoms with E-state index in [9.17, 15) is 8.42 Å². The first-order valence-electron chi connectivity index (χ1n) is 5.23. The summed E-state index contributed by atoms with van der Waals surface area (Å²) in [5.74, 6) is -0.353. The highest BCUT2D eigenvalue weighted by Crippen LogP contribution is 2.23. The minimum atomic E-state index is -3.90. The lowest BCUT2D eigenvalue weighted by atomic mass is 10.1. The number of para-hydroxylation sites is 1. The highest BCUT2D eigenvalue weighted by molar-refractivity contribution is 7.85. The fraction of sp³-hybridized carbons (Fsp3) is 0.364. The van der Waals surface area contributed by atoms with Gasteiger partial charge in [0.2, 0.25) is 0 Å². The Labute approximate surface area is 104 Å². The highest BCUT2D eigenvalue weighted by atomic mass is 32.2. The molecule has 0 saturated carbocycles. The molecule has 4 nitrogen and oxygen atoms in total. The van der Waals surface area contributed by atoms with Crippen LogP contribution in [0.5, 0.6) is 0 Å². The van der Waals surface area contributed by atoms with Crippen molar-refractivity contribution in [1.29, 1.82) is 0 Å². The maximum Gasteiger partial charge on any atom is 0.265 e. The number of fused-ring (bicyclic) bond motifs is 1. The summed E-state index contributed by atoms with van der Waals surface area (Å²) >= 11 is 1.56. The Morgan fingerprint density at radius 2 is 2.12 bits per heavy atom. The lowest BCUT2D eigenvalue weighted by Crippen LogP contribution is -2.14. The fourth-order valence-corrected chi connectivity index (χ4v) is 3.69. The summed E-state index contributed by atoms with van der Waals surface area (Å²) in [6, 6.07) is 7.80. The van der Waals surface area contributed by atoms with Gasteiger partial charge in [0.25, 0.3) is 10.1 Å². The second-order valence-electron chi connectivity index (χ2n) is 4.13. The van der Waals surface area contributed by atoms with Crippen molar-refractivity contribution in [3.63, 3.8) is 0 Å². The van der Waals surface area contributed by atoms with E-state index in [1.807, 2.05) is 24.3 Å². The van der Waals surface area contributed by atoms with Crippen molar-refractivity contribution in [2.75, 3.05) is 5.75 Å². The van der Waals surface area contributed by atoms with E-state index >= 15 is 0 Å². The van der Waals surface area contributed by atoms with E-state index in [2.05, 4.69) is 4.98 Å². The smallest absolute Gasteiger partial charge is 0.265 e. The van der Waals surface area contributed by atoms with Gasteiger partial charge in [-0.15, -0.1) is 11.3 Å². The summed E-state index contributed by atoms with van der Waals surface area (Å²) in [6.07, 6.45) is 0.569. The molecule has 92 valence electrons. The predicted octanol–water partition coefficient (Wildman–Crippen LogP) is 2.36. The molecule has 0 aliphatic heterocycles. The molecule has 17 heavy (non-hydrogen) atoms. The van der Waals surface area contributed by atoms with Gasteiger partial charge < -0.3 is 0 Å². The summed E-state index contributed by atoms with van der Waals surface area (Å²) < 4.78 is 31.3. The maximum atomic E-state index is 10.7. The molecular formula is C11H13NO3S2. The molecular weight excluding hydrogens is 258 g/mol. The average Bonchev–Trinajstić information content (AvgIpc) is 2.55. The average molecular weight is 271 g/mol. The number of benzene rings is 1. The van der Waals surface area contributed by atoms with Gasteiger partial charge in [-0.2, -0.15) is 8.42 Å². The van der Waals surface area contributed by atoms with Crippen LogP contribution in [0.1, 0.15) is 11.9 Å². The molecule has 1 N–H and O–H groups in total. The van der Waals surface area contributed by atoms with Crippen molar-refractivity contribution in [3.8, 4) is 0 Å².